The first kappa shape index (κ1) is 13.5. The molecule has 0 radical (unpaired) electrons. The van der Waals surface area contributed by atoms with Gasteiger partial charge >= 0.3 is 0 Å². The Hall–Kier alpha value is -0.970. The number of aromatic nitrogens is 2. The largest absolute Gasteiger partial charge is 0.444 e. The summed E-state index contributed by atoms with van der Waals surface area (Å²) in [6, 6.07) is 1.54. The Morgan fingerprint density at radius 3 is 2.72 bits per heavy atom. The van der Waals surface area contributed by atoms with Crippen molar-refractivity contribution in [2.24, 2.45) is 0 Å². The van der Waals surface area contributed by atoms with Gasteiger partial charge in [0.05, 0.1) is 22.8 Å². The maximum Gasteiger partial charge on any atom is 0.213 e. The summed E-state index contributed by atoms with van der Waals surface area (Å²) in [5.74, 6) is 1.85. The standard InChI is InChI=1S/C11H10Cl3N3O/c1-2-6-4-15-9(18-6)5-16-11-8(13)3-7(12)10(14)17-11/h3-4H,2,5H2,1H3,(H,16,17). The van der Waals surface area contributed by atoms with Crippen LogP contribution in [0.4, 0.5) is 5.82 Å². The molecule has 0 atom stereocenters. The molecule has 2 heterocycles. The SMILES string of the molecule is CCc1cnc(CNc2nc(Cl)c(Cl)cc2Cl)o1. The number of aryl methyl sites for hydroxylation is 1. The summed E-state index contributed by atoms with van der Waals surface area (Å²) in [5.41, 5.74) is 0. The van der Waals surface area contributed by atoms with Crippen molar-refractivity contribution in [2.75, 3.05) is 5.32 Å². The monoisotopic (exact) mass is 305 g/mol. The van der Waals surface area contributed by atoms with E-state index in [1.165, 1.54) is 6.07 Å². The quantitative estimate of drug-likeness (QED) is 0.860. The molecule has 2 aromatic rings. The molecule has 7 heteroatoms. The third-order valence-electron chi connectivity index (χ3n) is 2.24. The zero-order chi connectivity index (χ0) is 13.1. The minimum Gasteiger partial charge on any atom is -0.444 e. The lowest BCUT2D eigenvalue weighted by atomic mass is 10.4. The molecule has 0 aliphatic carbocycles. The molecule has 0 bridgehead atoms. The summed E-state index contributed by atoms with van der Waals surface area (Å²) in [6.07, 6.45) is 2.50. The second-order valence-electron chi connectivity index (χ2n) is 3.52. The summed E-state index contributed by atoms with van der Waals surface area (Å²) < 4.78 is 5.44. The molecule has 96 valence electrons. The van der Waals surface area contributed by atoms with Crippen LogP contribution < -0.4 is 5.32 Å². The molecule has 0 unspecified atom stereocenters. The highest BCUT2D eigenvalue weighted by molar-refractivity contribution is 6.42. The van der Waals surface area contributed by atoms with Gasteiger partial charge in [-0.1, -0.05) is 41.7 Å². The fraction of sp³-hybridized carbons (Fsp3) is 0.273. The summed E-state index contributed by atoms with van der Waals surface area (Å²) in [6.45, 7) is 2.37. The van der Waals surface area contributed by atoms with Crippen LogP contribution >= 0.6 is 34.8 Å². The second-order valence-corrected chi connectivity index (χ2v) is 4.69. The Bertz CT molecular complexity index is 556. The highest BCUT2D eigenvalue weighted by Gasteiger charge is 2.09. The van der Waals surface area contributed by atoms with Crippen molar-refractivity contribution in [3.8, 4) is 0 Å². The predicted octanol–water partition coefficient (Wildman–Crippen LogP) is 4.20. The van der Waals surface area contributed by atoms with Gasteiger partial charge in [-0.05, 0) is 6.07 Å². The average Bonchev–Trinajstić information content (AvgIpc) is 2.80. The fourth-order valence-corrected chi connectivity index (χ4v) is 1.89. The summed E-state index contributed by atoms with van der Waals surface area (Å²) in [4.78, 5) is 8.15. The van der Waals surface area contributed by atoms with E-state index in [1.54, 1.807) is 6.20 Å². The molecule has 2 aromatic heterocycles. The zero-order valence-electron chi connectivity index (χ0n) is 9.51. The smallest absolute Gasteiger partial charge is 0.213 e. The molecule has 18 heavy (non-hydrogen) atoms. The van der Waals surface area contributed by atoms with Gasteiger partial charge in [-0.2, -0.15) is 0 Å². The lowest BCUT2D eigenvalue weighted by Crippen LogP contribution is -2.02. The first-order valence-electron chi connectivity index (χ1n) is 5.29. The van der Waals surface area contributed by atoms with Crippen LogP contribution in [-0.4, -0.2) is 9.97 Å². The second kappa shape index (κ2) is 5.78. The van der Waals surface area contributed by atoms with Crippen molar-refractivity contribution in [3.05, 3.63) is 39.1 Å². The Morgan fingerprint density at radius 2 is 2.06 bits per heavy atom. The van der Waals surface area contributed by atoms with E-state index in [0.29, 0.717) is 28.3 Å². The maximum absolute atomic E-state index is 5.98. The summed E-state index contributed by atoms with van der Waals surface area (Å²) in [7, 11) is 0. The van der Waals surface area contributed by atoms with Crippen molar-refractivity contribution in [1.82, 2.24) is 9.97 Å². The lowest BCUT2D eigenvalue weighted by molar-refractivity contribution is 0.465. The molecule has 0 aliphatic heterocycles. The molecule has 0 spiro atoms. The fourth-order valence-electron chi connectivity index (χ4n) is 1.32. The van der Waals surface area contributed by atoms with Gasteiger partial charge in [-0.3, -0.25) is 0 Å². The number of rotatable bonds is 4. The van der Waals surface area contributed by atoms with Crippen LogP contribution in [0.1, 0.15) is 18.6 Å². The van der Waals surface area contributed by atoms with Gasteiger partial charge in [-0.15, -0.1) is 0 Å². The number of hydrogen-bond donors (Lipinski definition) is 1. The summed E-state index contributed by atoms with van der Waals surface area (Å²) in [5, 5.41) is 3.90. The van der Waals surface area contributed by atoms with E-state index in [4.69, 9.17) is 39.2 Å². The van der Waals surface area contributed by atoms with Gasteiger partial charge in [0.15, 0.2) is 0 Å². The molecule has 0 amide bonds. The minimum absolute atomic E-state index is 0.199. The molecular formula is C11H10Cl3N3O. The number of pyridine rings is 1. The van der Waals surface area contributed by atoms with E-state index in [0.717, 1.165) is 12.2 Å². The topological polar surface area (TPSA) is 51.0 Å². The van der Waals surface area contributed by atoms with Crippen LogP contribution in [0.5, 0.6) is 0 Å². The molecular weight excluding hydrogens is 296 g/mol. The molecule has 0 fully saturated rings. The van der Waals surface area contributed by atoms with Gasteiger partial charge < -0.3 is 9.73 Å². The van der Waals surface area contributed by atoms with Gasteiger partial charge in [0.2, 0.25) is 5.89 Å². The van der Waals surface area contributed by atoms with Crippen molar-refractivity contribution < 1.29 is 4.42 Å². The predicted molar refractivity (Wildman–Crippen MR) is 72.5 cm³/mol. The molecule has 0 aromatic carbocycles. The van der Waals surface area contributed by atoms with Crippen molar-refractivity contribution >= 4 is 40.6 Å². The van der Waals surface area contributed by atoms with E-state index >= 15 is 0 Å². The normalized spacial score (nSPS) is 10.7. The first-order valence-corrected chi connectivity index (χ1v) is 6.42. The van der Waals surface area contributed by atoms with E-state index in [2.05, 4.69) is 15.3 Å². The van der Waals surface area contributed by atoms with Crippen molar-refractivity contribution in [1.29, 1.82) is 0 Å². The molecule has 0 saturated heterocycles. The molecule has 4 nitrogen and oxygen atoms in total. The Kier molecular flexibility index (Phi) is 4.32. The third-order valence-corrected chi connectivity index (χ3v) is 3.20. The summed E-state index contributed by atoms with van der Waals surface area (Å²) >= 11 is 17.6. The Labute approximate surface area is 119 Å². The number of nitrogens with zero attached hydrogens (tertiary/aromatic N) is 2. The Balaban J connectivity index is 2.08. The average molecular weight is 307 g/mol. The number of hydrogen-bond acceptors (Lipinski definition) is 4. The zero-order valence-corrected chi connectivity index (χ0v) is 11.8. The van der Waals surface area contributed by atoms with Gasteiger partial charge in [-0.25, -0.2) is 9.97 Å². The van der Waals surface area contributed by atoms with Gasteiger partial charge in [0, 0.05) is 6.42 Å². The van der Waals surface area contributed by atoms with Gasteiger partial charge in [0.1, 0.15) is 16.7 Å². The van der Waals surface area contributed by atoms with Gasteiger partial charge in [0.25, 0.3) is 0 Å². The highest BCUT2D eigenvalue weighted by atomic mass is 35.5. The third kappa shape index (κ3) is 3.07. The van der Waals surface area contributed by atoms with Crippen molar-refractivity contribution in [3.63, 3.8) is 0 Å². The molecule has 1 N–H and O–H groups in total. The van der Waals surface area contributed by atoms with Crippen LogP contribution in [-0.2, 0) is 13.0 Å². The number of oxazole rings is 1. The highest BCUT2D eigenvalue weighted by Crippen LogP contribution is 2.29. The number of halogens is 3. The first-order chi connectivity index (χ1) is 8.60. The van der Waals surface area contributed by atoms with E-state index < -0.39 is 0 Å². The Morgan fingerprint density at radius 1 is 1.28 bits per heavy atom. The van der Waals surface area contributed by atoms with Crippen LogP contribution in [0.15, 0.2) is 16.7 Å². The minimum atomic E-state index is 0.199. The van der Waals surface area contributed by atoms with Crippen LogP contribution in [0, 0.1) is 0 Å². The molecule has 0 saturated carbocycles. The number of nitrogens with one attached hydrogen (secondary N) is 1. The van der Waals surface area contributed by atoms with E-state index in [-0.39, 0.29) is 5.15 Å². The van der Waals surface area contributed by atoms with Crippen molar-refractivity contribution in [2.45, 2.75) is 19.9 Å². The van der Waals surface area contributed by atoms with Crippen LogP contribution in [0.3, 0.4) is 0 Å². The van der Waals surface area contributed by atoms with Crippen LogP contribution in [0.2, 0.25) is 15.2 Å². The van der Waals surface area contributed by atoms with E-state index in [9.17, 15) is 0 Å². The molecule has 2 rings (SSSR count). The maximum atomic E-state index is 5.98. The lowest BCUT2D eigenvalue weighted by Gasteiger charge is -2.06. The number of anilines is 1. The van der Waals surface area contributed by atoms with E-state index in [1.807, 2.05) is 6.92 Å². The molecule has 0 aliphatic rings. The van der Waals surface area contributed by atoms with Crippen LogP contribution in [0.25, 0.3) is 0 Å².